The lowest BCUT2D eigenvalue weighted by Crippen LogP contribution is -2.33. The quantitative estimate of drug-likeness (QED) is 0.892. The summed E-state index contributed by atoms with van der Waals surface area (Å²) in [6.45, 7) is 1.83. The highest BCUT2D eigenvalue weighted by Gasteiger charge is 2.16. The minimum Gasteiger partial charge on any atom is -0.454 e. The molecule has 1 aromatic carbocycles. The van der Waals surface area contributed by atoms with Crippen LogP contribution in [0.2, 0.25) is 0 Å². The third kappa shape index (κ3) is 3.57. The zero-order valence-corrected chi connectivity index (χ0v) is 12.5. The zero-order valence-electron chi connectivity index (χ0n) is 12.5. The molecule has 0 radical (unpaired) electrons. The van der Waals surface area contributed by atoms with E-state index in [0.717, 1.165) is 5.69 Å². The molecule has 2 heterocycles. The summed E-state index contributed by atoms with van der Waals surface area (Å²) in [7, 11) is 0. The van der Waals surface area contributed by atoms with E-state index in [0.29, 0.717) is 22.9 Å². The van der Waals surface area contributed by atoms with Crippen LogP contribution in [0, 0.1) is 6.92 Å². The lowest BCUT2D eigenvalue weighted by Gasteiger charge is -2.07. The molecule has 0 aliphatic carbocycles. The van der Waals surface area contributed by atoms with Gasteiger partial charge in [0.05, 0.1) is 6.54 Å². The molecule has 0 spiro atoms. The van der Waals surface area contributed by atoms with Gasteiger partial charge >= 0.3 is 0 Å². The number of amides is 2. The van der Waals surface area contributed by atoms with Gasteiger partial charge in [-0.05, 0) is 37.3 Å². The Bertz CT molecular complexity index is 761. The van der Waals surface area contributed by atoms with Gasteiger partial charge in [-0.25, -0.2) is 4.98 Å². The zero-order chi connectivity index (χ0) is 16.2. The molecule has 2 amide bonds. The Morgan fingerprint density at radius 3 is 2.83 bits per heavy atom. The molecule has 0 bridgehead atoms. The van der Waals surface area contributed by atoms with Crippen LogP contribution in [0.15, 0.2) is 36.4 Å². The molecule has 1 aliphatic rings. The molecule has 0 fully saturated rings. The van der Waals surface area contributed by atoms with Crippen LogP contribution < -0.4 is 20.1 Å². The number of nitrogens with zero attached hydrogens (tertiary/aromatic N) is 1. The first kappa shape index (κ1) is 14.8. The largest absolute Gasteiger partial charge is 0.454 e. The summed E-state index contributed by atoms with van der Waals surface area (Å²) in [6, 6.07) is 10.2. The minimum atomic E-state index is -0.365. The smallest absolute Gasteiger partial charge is 0.251 e. The molecule has 0 unspecified atom stereocenters. The van der Waals surface area contributed by atoms with E-state index in [1.54, 1.807) is 30.3 Å². The van der Waals surface area contributed by atoms with Crippen LogP contribution in [0.5, 0.6) is 11.5 Å². The number of carbonyl (C=O) groups excluding carboxylic acids is 2. The summed E-state index contributed by atoms with van der Waals surface area (Å²) < 4.78 is 10.4. The number of nitrogens with one attached hydrogen (secondary N) is 2. The molecule has 2 aromatic rings. The van der Waals surface area contributed by atoms with Crippen molar-refractivity contribution in [2.24, 2.45) is 0 Å². The normalized spacial score (nSPS) is 11.9. The number of pyridine rings is 1. The van der Waals surface area contributed by atoms with Crippen LogP contribution in [-0.2, 0) is 4.79 Å². The van der Waals surface area contributed by atoms with Gasteiger partial charge in [0.25, 0.3) is 5.91 Å². The van der Waals surface area contributed by atoms with Gasteiger partial charge in [0, 0.05) is 11.3 Å². The Balaban J connectivity index is 1.55. The van der Waals surface area contributed by atoms with E-state index in [9.17, 15) is 9.59 Å². The molecule has 2 N–H and O–H groups in total. The first-order valence-corrected chi connectivity index (χ1v) is 7.03. The van der Waals surface area contributed by atoms with E-state index in [-0.39, 0.29) is 25.2 Å². The van der Waals surface area contributed by atoms with Crippen molar-refractivity contribution < 1.29 is 19.1 Å². The number of hydrogen-bond acceptors (Lipinski definition) is 5. The van der Waals surface area contributed by atoms with Crippen LogP contribution >= 0.6 is 0 Å². The third-order valence-electron chi connectivity index (χ3n) is 3.20. The predicted molar refractivity (Wildman–Crippen MR) is 82.5 cm³/mol. The van der Waals surface area contributed by atoms with Gasteiger partial charge in [-0.3, -0.25) is 9.59 Å². The average molecular weight is 313 g/mol. The highest BCUT2D eigenvalue weighted by Crippen LogP contribution is 2.32. The summed E-state index contributed by atoms with van der Waals surface area (Å²) in [5.41, 5.74) is 1.20. The van der Waals surface area contributed by atoms with Crippen molar-refractivity contribution >= 4 is 17.6 Å². The van der Waals surface area contributed by atoms with Gasteiger partial charge in [0.15, 0.2) is 11.5 Å². The number of carbonyl (C=O) groups is 2. The molecule has 1 aromatic heterocycles. The molecule has 118 valence electrons. The van der Waals surface area contributed by atoms with Crippen molar-refractivity contribution in [2.45, 2.75) is 6.92 Å². The van der Waals surface area contributed by atoms with Crippen molar-refractivity contribution in [3.8, 4) is 11.5 Å². The number of rotatable bonds is 4. The van der Waals surface area contributed by atoms with E-state index >= 15 is 0 Å². The van der Waals surface area contributed by atoms with Crippen LogP contribution in [0.25, 0.3) is 0 Å². The molecule has 1 aliphatic heterocycles. The fourth-order valence-electron chi connectivity index (χ4n) is 2.10. The number of ether oxygens (including phenoxy) is 2. The van der Waals surface area contributed by atoms with Gasteiger partial charge in [-0.15, -0.1) is 0 Å². The summed E-state index contributed by atoms with van der Waals surface area (Å²) in [5, 5.41) is 5.17. The topological polar surface area (TPSA) is 89.6 Å². The molecule has 23 heavy (non-hydrogen) atoms. The van der Waals surface area contributed by atoms with Crippen molar-refractivity contribution in [3.63, 3.8) is 0 Å². The van der Waals surface area contributed by atoms with Crippen LogP contribution in [-0.4, -0.2) is 30.1 Å². The Morgan fingerprint density at radius 1 is 1.17 bits per heavy atom. The maximum absolute atomic E-state index is 12.1. The van der Waals surface area contributed by atoms with E-state index < -0.39 is 0 Å². The Kier molecular flexibility index (Phi) is 4.09. The van der Waals surface area contributed by atoms with Gasteiger partial charge in [-0.1, -0.05) is 6.07 Å². The predicted octanol–water partition coefficient (Wildman–Crippen LogP) is 1.49. The Hall–Kier alpha value is -3.09. The van der Waals surface area contributed by atoms with Gasteiger partial charge in [-0.2, -0.15) is 0 Å². The van der Waals surface area contributed by atoms with Crippen LogP contribution in [0.4, 0.5) is 5.82 Å². The molecule has 3 rings (SSSR count). The van der Waals surface area contributed by atoms with E-state index in [2.05, 4.69) is 15.6 Å². The van der Waals surface area contributed by atoms with E-state index in [4.69, 9.17) is 9.47 Å². The first-order valence-electron chi connectivity index (χ1n) is 7.03. The summed E-state index contributed by atoms with van der Waals surface area (Å²) in [6.07, 6.45) is 0. The van der Waals surface area contributed by atoms with E-state index in [1.807, 2.05) is 13.0 Å². The molecular weight excluding hydrogens is 298 g/mol. The van der Waals surface area contributed by atoms with Crippen molar-refractivity contribution in [1.82, 2.24) is 10.3 Å². The standard InChI is InChI=1S/C16H15N3O4/c1-10-3-2-4-14(18-10)19-15(20)8-17-16(21)11-5-6-12-13(7-11)23-9-22-12/h2-7H,8-9H2,1H3,(H,17,21)(H,18,19,20). The molecule has 7 heteroatoms. The van der Waals surface area contributed by atoms with Crippen LogP contribution in [0.3, 0.4) is 0 Å². The molecule has 0 saturated carbocycles. The molecular formula is C16H15N3O4. The number of anilines is 1. The second kappa shape index (κ2) is 6.35. The van der Waals surface area contributed by atoms with Gasteiger partial charge in [0.2, 0.25) is 12.7 Å². The van der Waals surface area contributed by atoms with Crippen LogP contribution in [0.1, 0.15) is 16.1 Å². The van der Waals surface area contributed by atoms with E-state index in [1.165, 1.54) is 0 Å². The van der Waals surface area contributed by atoms with Gasteiger partial charge < -0.3 is 20.1 Å². The summed E-state index contributed by atoms with van der Waals surface area (Å²) >= 11 is 0. The second-order valence-corrected chi connectivity index (χ2v) is 4.96. The molecule has 0 atom stereocenters. The first-order chi connectivity index (χ1) is 11.1. The highest BCUT2D eigenvalue weighted by atomic mass is 16.7. The fraction of sp³-hybridized carbons (Fsp3) is 0.188. The summed E-state index contributed by atoms with van der Waals surface area (Å²) in [4.78, 5) is 28.1. The number of hydrogen-bond donors (Lipinski definition) is 2. The fourth-order valence-corrected chi connectivity index (χ4v) is 2.10. The Morgan fingerprint density at radius 2 is 2.00 bits per heavy atom. The molecule has 0 saturated heterocycles. The number of fused-ring (bicyclic) bond motifs is 1. The number of benzene rings is 1. The lowest BCUT2D eigenvalue weighted by molar-refractivity contribution is -0.115. The average Bonchev–Trinajstić information content (AvgIpc) is 3.00. The highest BCUT2D eigenvalue weighted by molar-refractivity contribution is 5.99. The number of aryl methyl sites for hydroxylation is 1. The van der Waals surface area contributed by atoms with Gasteiger partial charge in [0.1, 0.15) is 5.82 Å². The number of aromatic nitrogens is 1. The SMILES string of the molecule is Cc1cccc(NC(=O)CNC(=O)c2ccc3c(c2)OCO3)n1. The Labute approximate surface area is 132 Å². The minimum absolute atomic E-state index is 0.145. The monoisotopic (exact) mass is 313 g/mol. The maximum Gasteiger partial charge on any atom is 0.251 e. The lowest BCUT2D eigenvalue weighted by atomic mass is 10.2. The second-order valence-electron chi connectivity index (χ2n) is 4.96. The summed E-state index contributed by atoms with van der Waals surface area (Å²) in [5.74, 6) is 0.857. The third-order valence-corrected chi connectivity index (χ3v) is 3.20. The molecule has 7 nitrogen and oxygen atoms in total. The maximum atomic E-state index is 12.1. The van der Waals surface area contributed by atoms with Crippen molar-refractivity contribution in [2.75, 3.05) is 18.7 Å². The van der Waals surface area contributed by atoms with Crippen molar-refractivity contribution in [3.05, 3.63) is 47.7 Å². The van der Waals surface area contributed by atoms with Crippen molar-refractivity contribution in [1.29, 1.82) is 0 Å².